The number of aromatic amines is 1. The van der Waals surface area contributed by atoms with E-state index in [1.54, 1.807) is 30.3 Å². The number of imide groups is 1. The summed E-state index contributed by atoms with van der Waals surface area (Å²) in [6.07, 6.45) is 1.23. The smallest absolute Gasteiger partial charge is 0.303 e. The Morgan fingerprint density at radius 1 is 0.921 bits per heavy atom. The average Bonchev–Trinajstić information content (AvgIpc) is 3.37. The van der Waals surface area contributed by atoms with Crippen molar-refractivity contribution in [2.24, 2.45) is 0 Å². The van der Waals surface area contributed by atoms with Crippen molar-refractivity contribution in [3.63, 3.8) is 0 Å². The van der Waals surface area contributed by atoms with E-state index in [1.165, 1.54) is 41.1 Å². The van der Waals surface area contributed by atoms with Gasteiger partial charge < -0.3 is 5.32 Å². The SMILES string of the molecule is O=C1N/C(=C\c2c(-c3ccccc3)[nH]n(-c3ccc([N+](=O)[O-])cc3)c2=O)C(=O)N1Cc1ccc(F)c(F)c1. The molecule has 2 heterocycles. The van der Waals surface area contributed by atoms with Crippen molar-refractivity contribution >= 4 is 23.7 Å². The van der Waals surface area contributed by atoms with Gasteiger partial charge in [0, 0.05) is 17.7 Å². The lowest BCUT2D eigenvalue weighted by Gasteiger charge is -2.11. The second-order valence-corrected chi connectivity index (χ2v) is 8.31. The second-order valence-electron chi connectivity index (χ2n) is 8.31. The monoisotopic (exact) mass is 517 g/mol. The quantitative estimate of drug-likeness (QED) is 0.172. The summed E-state index contributed by atoms with van der Waals surface area (Å²) in [5, 5.41) is 16.4. The van der Waals surface area contributed by atoms with E-state index >= 15 is 0 Å². The maximum atomic E-state index is 13.6. The van der Waals surface area contributed by atoms with E-state index in [2.05, 4.69) is 10.4 Å². The van der Waals surface area contributed by atoms with E-state index < -0.39 is 34.1 Å². The normalized spacial score (nSPS) is 14.3. The number of hydrogen-bond donors (Lipinski definition) is 2. The molecule has 4 aromatic rings. The third kappa shape index (κ3) is 4.46. The molecule has 1 aromatic heterocycles. The molecule has 0 atom stereocenters. The Hall–Kier alpha value is -5.39. The van der Waals surface area contributed by atoms with Gasteiger partial charge in [-0.2, -0.15) is 0 Å². The summed E-state index contributed by atoms with van der Waals surface area (Å²) in [7, 11) is 0. The van der Waals surface area contributed by atoms with Gasteiger partial charge in [0.2, 0.25) is 0 Å². The predicted octanol–water partition coefficient (Wildman–Crippen LogP) is 4.11. The number of H-pyrrole nitrogens is 1. The van der Waals surface area contributed by atoms with Crippen LogP contribution in [0.2, 0.25) is 0 Å². The third-order valence-corrected chi connectivity index (χ3v) is 5.88. The molecular weight excluding hydrogens is 500 g/mol. The number of hydrogen-bond acceptors (Lipinski definition) is 5. The van der Waals surface area contributed by atoms with Crippen LogP contribution >= 0.6 is 0 Å². The topological polar surface area (TPSA) is 130 Å². The number of non-ortho nitro benzene ring substituents is 1. The lowest BCUT2D eigenvalue weighted by molar-refractivity contribution is -0.384. The van der Waals surface area contributed by atoms with E-state index in [-0.39, 0.29) is 29.1 Å². The number of aromatic nitrogens is 2. The van der Waals surface area contributed by atoms with E-state index in [9.17, 15) is 33.3 Å². The molecule has 0 radical (unpaired) electrons. The highest BCUT2D eigenvalue weighted by Crippen LogP contribution is 2.25. The molecule has 190 valence electrons. The predicted molar refractivity (Wildman–Crippen MR) is 132 cm³/mol. The lowest BCUT2D eigenvalue weighted by atomic mass is 10.1. The van der Waals surface area contributed by atoms with E-state index in [4.69, 9.17) is 0 Å². The Labute approximate surface area is 212 Å². The summed E-state index contributed by atoms with van der Waals surface area (Å²) in [5.41, 5.74) is 0.570. The number of halogens is 2. The molecule has 0 aliphatic carbocycles. The van der Waals surface area contributed by atoms with Gasteiger partial charge in [0.05, 0.1) is 28.4 Å². The molecular formula is C26H17F2N5O5. The van der Waals surface area contributed by atoms with Crippen LogP contribution in [-0.4, -0.2) is 31.5 Å². The third-order valence-electron chi connectivity index (χ3n) is 5.88. The van der Waals surface area contributed by atoms with Gasteiger partial charge in [-0.25, -0.2) is 18.3 Å². The first kappa shape index (κ1) is 24.3. The van der Waals surface area contributed by atoms with Crippen LogP contribution < -0.4 is 10.9 Å². The van der Waals surface area contributed by atoms with Gasteiger partial charge >= 0.3 is 6.03 Å². The number of nitrogens with zero attached hydrogens (tertiary/aromatic N) is 3. The minimum absolute atomic E-state index is 0.0490. The highest BCUT2D eigenvalue weighted by molar-refractivity contribution is 6.14. The molecule has 38 heavy (non-hydrogen) atoms. The number of rotatable bonds is 6. The number of amides is 3. The molecule has 10 nitrogen and oxygen atoms in total. The largest absolute Gasteiger partial charge is 0.329 e. The molecule has 2 N–H and O–H groups in total. The molecule has 1 aliphatic heterocycles. The molecule has 1 saturated heterocycles. The van der Waals surface area contributed by atoms with Gasteiger partial charge in [-0.15, -0.1) is 0 Å². The highest BCUT2D eigenvalue weighted by atomic mass is 19.2. The van der Waals surface area contributed by atoms with Crippen LogP contribution in [0.5, 0.6) is 0 Å². The molecule has 0 spiro atoms. The number of urea groups is 1. The summed E-state index contributed by atoms with van der Waals surface area (Å²) in [4.78, 5) is 50.3. The van der Waals surface area contributed by atoms with Gasteiger partial charge in [-0.3, -0.25) is 29.7 Å². The zero-order chi connectivity index (χ0) is 27.0. The maximum Gasteiger partial charge on any atom is 0.329 e. The summed E-state index contributed by atoms with van der Waals surface area (Å²) >= 11 is 0. The van der Waals surface area contributed by atoms with E-state index in [0.29, 0.717) is 16.9 Å². The molecule has 12 heteroatoms. The van der Waals surface area contributed by atoms with Crippen LogP contribution in [0.25, 0.3) is 23.0 Å². The van der Waals surface area contributed by atoms with Gasteiger partial charge in [0.25, 0.3) is 17.2 Å². The minimum atomic E-state index is -1.11. The number of nitro benzene ring substituents is 1. The fourth-order valence-electron chi connectivity index (χ4n) is 3.99. The molecule has 1 fully saturated rings. The fraction of sp³-hybridized carbons (Fsp3) is 0.0385. The van der Waals surface area contributed by atoms with Crippen LogP contribution in [0.3, 0.4) is 0 Å². The summed E-state index contributed by atoms with van der Waals surface area (Å²) in [6.45, 7) is -0.315. The summed E-state index contributed by atoms with van der Waals surface area (Å²) in [6, 6.07) is 16.3. The van der Waals surface area contributed by atoms with Gasteiger partial charge in [-0.1, -0.05) is 36.4 Å². The van der Waals surface area contributed by atoms with E-state index in [1.807, 2.05) is 0 Å². The lowest BCUT2D eigenvalue weighted by Crippen LogP contribution is -2.30. The number of carbonyl (C=O) groups excluding carboxylic acids is 2. The molecule has 3 amide bonds. The summed E-state index contributed by atoms with van der Waals surface area (Å²) in [5.74, 6) is -2.94. The van der Waals surface area contributed by atoms with Crippen molar-refractivity contribution in [1.29, 1.82) is 0 Å². The van der Waals surface area contributed by atoms with Crippen LogP contribution in [0, 0.1) is 21.7 Å². The van der Waals surface area contributed by atoms with Crippen molar-refractivity contribution in [3.05, 3.63) is 122 Å². The Morgan fingerprint density at radius 2 is 1.63 bits per heavy atom. The minimum Gasteiger partial charge on any atom is -0.303 e. The molecule has 0 bridgehead atoms. The number of benzene rings is 3. The van der Waals surface area contributed by atoms with Crippen molar-refractivity contribution < 1.29 is 23.3 Å². The first-order chi connectivity index (χ1) is 18.2. The van der Waals surface area contributed by atoms with Gasteiger partial charge in [0.1, 0.15) is 5.70 Å². The van der Waals surface area contributed by atoms with E-state index in [0.717, 1.165) is 17.0 Å². The van der Waals surface area contributed by atoms with Crippen molar-refractivity contribution in [1.82, 2.24) is 20.0 Å². The van der Waals surface area contributed by atoms with Gasteiger partial charge in [-0.05, 0) is 35.9 Å². The molecule has 5 rings (SSSR count). The van der Waals surface area contributed by atoms with Crippen molar-refractivity contribution in [2.45, 2.75) is 6.54 Å². The first-order valence-electron chi connectivity index (χ1n) is 11.2. The molecule has 3 aromatic carbocycles. The van der Waals surface area contributed by atoms with Crippen LogP contribution in [0.4, 0.5) is 19.3 Å². The van der Waals surface area contributed by atoms with Crippen molar-refractivity contribution in [2.75, 3.05) is 0 Å². The Bertz CT molecular complexity index is 1680. The maximum absolute atomic E-state index is 13.6. The standard InChI is InChI=1S/C26H17F2N5O5/c27-20-11-6-15(12-21(20)28)14-31-25(35)22(29-26(31)36)13-19-23(16-4-2-1-3-5-16)30-32(24(19)34)17-7-9-18(10-8-17)33(37)38/h1-13,30H,14H2,(H,29,36)/b22-13-. The van der Waals surface area contributed by atoms with Crippen LogP contribution in [0.1, 0.15) is 11.1 Å². The molecule has 0 unspecified atom stereocenters. The summed E-state index contributed by atoms with van der Waals surface area (Å²) < 4.78 is 28.0. The average molecular weight is 517 g/mol. The van der Waals surface area contributed by atoms with Crippen LogP contribution in [-0.2, 0) is 11.3 Å². The Kier molecular flexibility index (Phi) is 6.13. The molecule has 0 saturated carbocycles. The number of nitro groups is 1. The Balaban J connectivity index is 1.55. The van der Waals surface area contributed by atoms with Crippen molar-refractivity contribution in [3.8, 4) is 16.9 Å². The van der Waals surface area contributed by atoms with Gasteiger partial charge in [0.15, 0.2) is 11.6 Å². The zero-order valence-electron chi connectivity index (χ0n) is 19.4. The Morgan fingerprint density at radius 3 is 2.29 bits per heavy atom. The molecule has 1 aliphatic rings. The zero-order valence-corrected chi connectivity index (χ0v) is 19.4. The first-order valence-corrected chi connectivity index (χ1v) is 11.2. The fourth-order valence-corrected chi connectivity index (χ4v) is 3.99. The second kappa shape index (κ2) is 9.58. The number of carbonyl (C=O) groups is 2. The van der Waals surface area contributed by atoms with Crippen LogP contribution in [0.15, 0.2) is 83.3 Å². The number of nitrogens with one attached hydrogen (secondary N) is 2. The highest BCUT2D eigenvalue weighted by Gasteiger charge is 2.34.